The van der Waals surface area contributed by atoms with E-state index in [2.05, 4.69) is 34.6 Å². The fraction of sp³-hybridized carbons (Fsp3) is 0.348. The number of carbonyl (C=O) groups is 1. The van der Waals surface area contributed by atoms with Gasteiger partial charge in [0.25, 0.3) is 0 Å². The molecule has 0 aliphatic heterocycles. The highest BCUT2D eigenvalue weighted by atomic mass is 32.2. The molecule has 0 bridgehead atoms. The highest BCUT2D eigenvalue weighted by Gasteiger charge is 2.19. The van der Waals surface area contributed by atoms with E-state index in [4.69, 9.17) is 9.47 Å². The molecule has 0 spiro atoms. The van der Waals surface area contributed by atoms with Gasteiger partial charge in [-0.3, -0.25) is 4.79 Å². The fourth-order valence-electron chi connectivity index (χ4n) is 3.07. The zero-order valence-corrected chi connectivity index (χ0v) is 19.1. The Morgan fingerprint density at radius 1 is 1.06 bits per heavy atom. The van der Waals surface area contributed by atoms with E-state index in [-0.39, 0.29) is 17.8 Å². The van der Waals surface area contributed by atoms with Gasteiger partial charge in [-0.05, 0) is 62.2 Å². The maximum Gasteiger partial charge on any atom is 0.234 e. The molecule has 3 rings (SSSR count). The normalized spacial score (nSPS) is 11.7. The first-order chi connectivity index (χ1) is 15.0. The largest absolute Gasteiger partial charge is 0.497 e. The van der Waals surface area contributed by atoms with Gasteiger partial charge in [-0.1, -0.05) is 30.8 Å². The van der Waals surface area contributed by atoms with E-state index in [1.807, 2.05) is 30.5 Å². The Bertz CT molecular complexity index is 987. The highest BCUT2D eigenvalue weighted by Crippen LogP contribution is 2.25. The van der Waals surface area contributed by atoms with Crippen molar-refractivity contribution in [3.8, 4) is 11.5 Å². The molecular formula is C23H28N4O3S. The van der Waals surface area contributed by atoms with E-state index in [1.165, 1.54) is 17.3 Å². The molecule has 0 aliphatic carbocycles. The number of rotatable bonds is 10. The van der Waals surface area contributed by atoms with E-state index in [0.29, 0.717) is 11.7 Å². The number of aryl methyl sites for hydroxylation is 1. The Balaban J connectivity index is 1.59. The van der Waals surface area contributed by atoms with Crippen molar-refractivity contribution >= 4 is 23.4 Å². The molecule has 3 aromatic rings. The molecule has 1 N–H and O–H groups in total. The lowest BCUT2D eigenvalue weighted by atomic mass is 10.2. The zero-order valence-electron chi connectivity index (χ0n) is 18.3. The predicted octanol–water partition coefficient (Wildman–Crippen LogP) is 4.74. The molecule has 31 heavy (non-hydrogen) atoms. The van der Waals surface area contributed by atoms with Crippen LogP contribution in [0.5, 0.6) is 11.5 Å². The quantitative estimate of drug-likeness (QED) is 0.459. The van der Waals surface area contributed by atoms with E-state index in [0.717, 1.165) is 29.4 Å². The molecule has 0 saturated heterocycles. The first kappa shape index (κ1) is 22.7. The van der Waals surface area contributed by atoms with Crippen LogP contribution in [-0.4, -0.2) is 33.5 Å². The third kappa shape index (κ3) is 6.01. The van der Waals surface area contributed by atoms with Gasteiger partial charge in [-0.25, -0.2) is 0 Å². The second-order valence-electron chi connectivity index (χ2n) is 6.91. The Kier molecular flexibility index (Phi) is 7.94. The van der Waals surface area contributed by atoms with Gasteiger partial charge >= 0.3 is 0 Å². The summed E-state index contributed by atoms with van der Waals surface area (Å²) in [6, 6.07) is 15.3. The van der Waals surface area contributed by atoms with Crippen LogP contribution in [0, 0.1) is 0 Å². The van der Waals surface area contributed by atoms with Crippen LogP contribution in [0.25, 0.3) is 0 Å². The van der Waals surface area contributed by atoms with Crippen molar-refractivity contribution in [2.75, 3.05) is 18.2 Å². The molecular weight excluding hydrogens is 412 g/mol. The summed E-state index contributed by atoms with van der Waals surface area (Å²) in [6.07, 6.45) is 0.731. The van der Waals surface area contributed by atoms with Gasteiger partial charge in [0.05, 0.1) is 12.9 Å². The molecule has 0 radical (unpaired) electrons. The van der Waals surface area contributed by atoms with E-state index in [1.54, 1.807) is 31.4 Å². The molecule has 0 unspecified atom stereocenters. The van der Waals surface area contributed by atoms with Crippen LogP contribution in [-0.2, 0) is 17.8 Å². The van der Waals surface area contributed by atoms with Crippen molar-refractivity contribution in [2.24, 2.45) is 0 Å². The molecule has 2 aromatic carbocycles. The number of hydrogen-bond acceptors (Lipinski definition) is 6. The van der Waals surface area contributed by atoms with Crippen molar-refractivity contribution in [3.05, 3.63) is 59.9 Å². The minimum atomic E-state index is -0.262. The number of thioether (sulfide) groups is 1. The number of hydrogen-bond donors (Lipinski definition) is 1. The Hall–Kier alpha value is -3.00. The monoisotopic (exact) mass is 440 g/mol. The average Bonchev–Trinajstić information content (AvgIpc) is 3.22. The highest BCUT2D eigenvalue weighted by molar-refractivity contribution is 7.99. The Morgan fingerprint density at radius 2 is 1.74 bits per heavy atom. The molecule has 7 nitrogen and oxygen atoms in total. The molecule has 0 aliphatic rings. The maximum atomic E-state index is 12.3. The van der Waals surface area contributed by atoms with Crippen molar-refractivity contribution in [3.63, 3.8) is 0 Å². The number of benzene rings is 2. The van der Waals surface area contributed by atoms with E-state index in [9.17, 15) is 4.79 Å². The van der Waals surface area contributed by atoms with Crippen LogP contribution in [0.4, 0.5) is 5.69 Å². The van der Waals surface area contributed by atoms with Crippen molar-refractivity contribution in [2.45, 2.75) is 45.0 Å². The minimum absolute atomic E-state index is 0.109. The number of carbonyl (C=O) groups excluding carboxylic acids is 1. The molecule has 1 heterocycles. The average molecular weight is 441 g/mol. The smallest absolute Gasteiger partial charge is 0.234 e. The number of nitrogens with zero attached hydrogens (tertiary/aromatic N) is 3. The Labute approximate surface area is 187 Å². The van der Waals surface area contributed by atoms with Crippen LogP contribution >= 0.6 is 11.8 Å². The van der Waals surface area contributed by atoms with Crippen molar-refractivity contribution in [1.82, 2.24) is 14.8 Å². The SMILES string of the molecule is CCc1ccc(O[C@@H](C)c2nnc(SCC(=O)Nc3ccc(OC)cc3)n2CC)cc1. The van der Waals surface area contributed by atoms with Crippen LogP contribution in [0.2, 0.25) is 0 Å². The molecule has 0 fully saturated rings. The summed E-state index contributed by atoms with van der Waals surface area (Å²) >= 11 is 1.35. The van der Waals surface area contributed by atoms with Crippen LogP contribution < -0.4 is 14.8 Å². The van der Waals surface area contributed by atoms with Crippen LogP contribution in [0.3, 0.4) is 0 Å². The molecule has 8 heteroatoms. The van der Waals surface area contributed by atoms with E-state index >= 15 is 0 Å². The van der Waals surface area contributed by atoms with Gasteiger partial charge < -0.3 is 19.4 Å². The molecule has 1 atom stereocenters. The lowest BCUT2D eigenvalue weighted by Crippen LogP contribution is -2.15. The van der Waals surface area contributed by atoms with Gasteiger partial charge in [0.15, 0.2) is 17.1 Å². The summed E-state index contributed by atoms with van der Waals surface area (Å²) in [5, 5.41) is 12.2. The van der Waals surface area contributed by atoms with Crippen molar-refractivity contribution in [1.29, 1.82) is 0 Å². The number of nitrogens with one attached hydrogen (secondary N) is 1. The molecule has 1 amide bonds. The number of amides is 1. The number of methoxy groups -OCH3 is 1. The standard InChI is InChI=1S/C23H28N4O3S/c1-5-17-7-11-20(12-8-17)30-16(3)22-25-26-23(27(22)6-2)31-15-21(28)24-18-9-13-19(29-4)14-10-18/h7-14,16H,5-6,15H2,1-4H3,(H,24,28)/t16-/m0/s1. The molecule has 164 valence electrons. The van der Waals surface area contributed by atoms with Gasteiger partial charge in [0, 0.05) is 12.2 Å². The summed E-state index contributed by atoms with van der Waals surface area (Å²) < 4.78 is 13.2. The topological polar surface area (TPSA) is 78.3 Å². The fourth-order valence-corrected chi connectivity index (χ4v) is 3.88. The minimum Gasteiger partial charge on any atom is -0.497 e. The summed E-state index contributed by atoms with van der Waals surface area (Å²) in [7, 11) is 1.61. The second-order valence-corrected chi connectivity index (χ2v) is 7.85. The maximum absolute atomic E-state index is 12.3. The number of anilines is 1. The van der Waals surface area contributed by atoms with Gasteiger partial charge in [0.2, 0.25) is 5.91 Å². The lowest BCUT2D eigenvalue weighted by molar-refractivity contribution is -0.113. The van der Waals surface area contributed by atoms with Crippen LogP contribution in [0.15, 0.2) is 53.7 Å². The third-order valence-electron chi connectivity index (χ3n) is 4.78. The zero-order chi connectivity index (χ0) is 22.2. The summed E-state index contributed by atoms with van der Waals surface area (Å²) in [5.41, 5.74) is 1.99. The Morgan fingerprint density at radius 3 is 2.35 bits per heavy atom. The molecule has 0 saturated carbocycles. The summed E-state index contributed by atoms with van der Waals surface area (Å²) in [4.78, 5) is 12.3. The second kappa shape index (κ2) is 10.9. The lowest BCUT2D eigenvalue weighted by Gasteiger charge is -2.16. The van der Waals surface area contributed by atoms with Crippen LogP contribution in [0.1, 0.15) is 38.3 Å². The predicted molar refractivity (Wildman–Crippen MR) is 123 cm³/mol. The van der Waals surface area contributed by atoms with E-state index < -0.39 is 0 Å². The first-order valence-corrected chi connectivity index (χ1v) is 11.3. The first-order valence-electron chi connectivity index (χ1n) is 10.3. The van der Waals surface area contributed by atoms with Gasteiger partial charge in [-0.2, -0.15) is 0 Å². The van der Waals surface area contributed by atoms with Gasteiger partial charge in [0.1, 0.15) is 11.5 Å². The summed E-state index contributed by atoms with van der Waals surface area (Å²) in [5.74, 6) is 2.40. The number of aromatic nitrogens is 3. The van der Waals surface area contributed by atoms with Crippen molar-refractivity contribution < 1.29 is 14.3 Å². The van der Waals surface area contributed by atoms with Gasteiger partial charge in [-0.15, -0.1) is 10.2 Å². The number of ether oxygens (including phenoxy) is 2. The summed E-state index contributed by atoms with van der Waals surface area (Å²) in [6.45, 7) is 6.79. The molecule has 1 aromatic heterocycles. The third-order valence-corrected chi connectivity index (χ3v) is 5.74.